The maximum atomic E-state index is 11.7. The number of nitrogens with zero attached hydrogens (tertiary/aromatic N) is 1. The van der Waals surface area contributed by atoms with E-state index < -0.39 is 0 Å². The number of hydrogen-bond donors (Lipinski definition) is 1. The average Bonchev–Trinajstić information content (AvgIpc) is 2.27. The van der Waals surface area contributed by atoms with Gasteiger partial charge in [-0.1, -0.05) is 39.0 Å². The maximum Gasteiger partial charge on any atom is 0.238 e. The van der Waals surface area contributed by atoms with Gasteiger partial charge in [0, 0.05) is 20.1 Å². The Morgan fingerprint density at radius 2 is 1.71 bits per heavy atom. The summed E-state index contributed by atoms with van der Waals surface area (Å²) in [5, 5.41) is 3.36. The minimum atomic E-state index is -0.0735. The smallest absolute Gasteiger partial charge is 0.238 e. The highest BCUT2D eigenvalue weighted by Crippen LogP contribution is 2.07. The Morgan fingerprint density at radius 1 is 1.12 bits per heavy atom. The molecule has 0 aliphatic rings. The van der Waals surface area contributed by atoms with Gasteiger partial charge in [-0.05, 0) is 20.3 Å². The Balaban J connectivity index is 3.64. The van der Waals surface area contributed by atoms with Gasteiger partial charge < -0.3 is 10.2 Å². The predicted molar refractivity (Wildman–Crippen MR) is 74.1 cm³/mol. The number of unbranched alkanes of at least 4 members (excludes halogenated alkanes) is 4. The van der Waals surface area contributed by atoms with Crippen molar-refractivity contribution in [2.24, 2.45) is 0 Å². The third-order valence-corrected chi connectivity index (χ3v) is 3.09. The predicted octanol–water partition coefficient (Wildman–Crippen LogP) is 2.80. The highest BCUT2D eigenvalue weighted by atomic mass is 16.2. The van der Waals surface area contributed by atoms with Crippen LogP contribution in [-0.4, -0.2) is 37.0 Å². The maximum absolute atomic E-state index is 11.7. The van der Waals surface area contributed by atoms with E-state index in [0.717, 1.165) is 6.42 Å². The summed E-state index contributed by atoms with van der Waals surface area (Å²) in [6, 6.07) is 0.353. The van der Waals surface area contributed by atoms with Crippen LogP contribution in [0, 0.1) is 0 Å². The van der Waals surface area contributed by atoms with Crippen LogP contribution in [0.3, 0.4) is 0 Å². The molecule has 3 nitrogen and oxygen atoms in total. The van der Waals surface area contributed by atoms with Crippen molar-refractivity contribution in [2.75, 3.05) is 14.1 Å². The average molecular weight is 242 g/mol. The minimum absolute atomic E-state index is 0.0735. The highest BCUT2D eigenvalue weighted by molar-refractivity contribution is 5.80. The van der Waals surface area contributed by atoms with Gasteiger partial charge >= 0.3 is 0 Å². The zero-order valence-corrected chi connectivity index (χ0v) is 12.3. The molecule has 0 bridgehead atoms. The molecule has 0 radical (unpaired) electrons. The Morgan fingerprint density at radius 3 is 2.24 bits per heavy atom. The molecule has 102 valence electrons. The standard InChI is InChI=1S/C14H30N2O/c1-6-7-8-9-10-11-12(2)15-13(3)14(17)16(4)5/h12-13,15H,6-11H2,1-5H3. The fraction of sp³-hybridized carbons (Fsp3) is 0.929. The first-order chi connectivity index (χ1) is 7.99. The molecular formula is C14H30N2O. The van der Waals surface area contributed by atoms with Crippen LogP contribution in [0.1, 0.15) is 59.3 Å². The molecule has 0 saturated carbocycles. The second-order valence-corrected chi connectivity index (χ2v) is 5.22. The summed E-state index contributed by atoms with van der Waals surface area (Å²) in [6.45, 7) is 6.34. The topological polar surface area (TPSA) is 32.3 Å². The van der Waals surface area contributed by atoms with E-state index in [1.807, 2.05) is 6.92 Å². The lowest BCUT2D eigenvalue weighted by Crippen LogP contribution is -2.45. The van der Waals surface area contributed by atoms with Gasteiger partial charge in [-0.15, -0.1) is 0 Å². The van der Waals surface area contributed by atoms with E-state index in [1.54, 1.807) is 19.0 Å². The second kappa shape index (κ2) is 9.46. The molecular weight excluding hydrogens is 212 g/mol. The van der Waals surface area contributed by atoms with Crippen molar-refractivity contribution >= 4 is 5.91 Å². The van der Waals surface area contributed by atoms with Crippen molar-refractivity contribution in [1.29, 1.82) is 0 Å². The van der Waals surface area contributed by atoms with Gasteiger partial charge in [-0.25, -0.2) is 0 Å². The summed E-state index contributed by atoms with van der Waals surface area (Å²) in [4.78, 5) is 13.3. The molecule has 0 heterocycles. The van der Waals surface area contributed by atoms with Gasteiger partial charge in [0.15, 0.2) is 0 Å². The molecule has 3 heteroatoms. The number of nitrogens with one attached hydrogen (secondary N) is 1. The summed E-state index contributed by atoms with van der Waals surface area (Å²) in [6.07, 6.45) is 7.72. The van der Waals surface area contributed by atoms with Crippen molar-refractivity contribution in [3.05, 3.63) is 0 Å². The lowest BCUT2D eigenvalue weighted by Gasteiger charge is -2.22. The SMILES string of the molecule is CCCCCCCC(C)NC(C)C(=O)N(C)C. The summed E-state index contributed by atoms with van der Waals surface area (Å²) in [5.41, 5.74) is 0. The van der Waals surface area contributed by atoms with Crippen molar-refractivity contribution in [3.63, 3.8) is 0 Å². The first kappa shape index (κ1) is 16.4. The molecule has 0 rings (SSSR count). The first-order valence-corrected chi connectivity index (χ1v) is 6.96. The highest BCUT2D eigenvalue weighted by Gasteiger charge is 2.16. The largest absolute Gasteiger partial charge is 0.347 e. The van der Waals surface area contributed by atoms with E-state index >= 15 is 0 Å². The summed E-state index contributed by atoms with van der Waals surface area (Å²) in [5.74, 6) is 0.155. The van der Waals surface area contributed by atoms with E-state index in [1.165, 1.54) is 32.1 Å². The molecule has 0 spiro atoms. The lowest BCUT2D eigenvalue weighted by molar-refractivity contribution is -0.130. The third kappa shape index (κ3) is 8.19. The zero-order valence-electron chi connectivity index (χ0n) is 12.3. The molecule has 0 aliphatic heterocycles. The van der Waals surface area contributed by atoms with Crippen LogP contribution in [0.2, 0.25) is 0 Å². The van der Waals surface area contributed by atoms with E-state index in [9.17, 15) is 4.79 Å². The normalized spacial score (nSPS) is 14.4. The number of carbonyl (C=O) groups is 1. The van der Waals surface area contributed by atoms with Gasteiger partial charge in [-0.3, -0.25) is 4.79 Å². The molecule has 1 N–H and O–H groups in total. The molecule has 0 fully saturated rings. The minimum Gasteiger partial charge on any atom is -0.347 e. The molecule has 0 aliphatic carbocycles. The van der Waals surface area contributed by atoms with Crippen molar-refractivity contribution < 1.29 is 4.79 Å². The monoisotopic (exact) mass is 242 g/mol. The number of rotatable bonds is 9. The van der Waals surface area contributed by atoms with Crippen molar-refractivity contribution in [3.8, 4) is 0 Å². The Hall–Kier alpha value is -0.570. The van der Waals surface area contributed by atoms with Crippen LogP contribution in [0.5, 0.6) is 0 Å². The van der Waals surface area contributed by atoms with Crippen molar-refractivity contribution in [1.82, 2.24) is 10.2 Å². The van der Waals surface area contributed by atoms with Crippen LogP contribution in [0.4, 0.5) is 0 Å². The van der Waals surface area contributed by atoms with Gasteiger partial charge in [0.05, 0.1) is 6.04 Å². The quantitative estimate of drug-likeness (QED) is 0.631. The van der Waals surface area contributed by atoms with Gasteiger partial charge in [-0.2, -0.15) is 0 Å². The van der Waals surface area contributed by atoms with E-state index in [2.05, 4.69) is 19.2 Å². The molecule has 1 amide bonds. The van der Waals surface area contributed by atoms with Gasteiger partial charge in [0.25, 0.3) is 0 Å². The van der Waals surface area contributed by atoms with E-state index in [-0.39, 0.29) is 11.9 Å². The van der Waals surface area contributed by atoms with Gasteiger partial charge in [0.1, 0.15) is 0 Å². The second-order valence-electron chi connectivity index (χ2n) is 5.22. The zero-order chi connectivity index (χ0) is 13.3. The van der Waals surface area contributed by atoms with Crippen LogP contribution in [-0.2, 0) is 4.79 Å². The number of amides is 1. The molecule has 0 aromatic carbocycles. The Bertz CT molecular complexity index is 204. The first-order valence-electron chi connectivity index (χ1n) is 6.96. The Kier molecular flexibility index (Phi) is 9.14. The van der Waals surface area contributed by atoms with E-state index in [4.69, 9.17) is 0 Å². The molecule has 17 heavy (non-hydrogen) atoms. The molecule has 0 saturated heterocycles. The number of likely N-dealkylation sites (N-methyl/N-ethyl adjacent to an activating group) is 1. The van der Waals surface area contributed by atoms with Crippen LogP contribution >= 0.6 is 0 Å². The van der Waals surface area contributed by atoms with Crippen LogP contribution < -0.4 is 5.32 Å². The van der Waals surface area contributed by atoms with Gasteiger partial charge in [0.2, 0.25) is 5.91 Å². The lowest BCUT2D eigenvalue weighted by atomic mass is 10.1. The van der Waals surface area contributed by atoms with E-state index in [0.29, 0.717) is 6.04 Å². The molecule has 2 atom stereocenters. The van der Waals surface area contributed by atoms with Crippen LogP contribution in [0.15, 0.2) is 0 Å². The Labute approximate surface area is 107 Å². The summed E-state index contributed by atoms with van der Waals surface area (Å²) >= 11 is 0. The number of hydrogen-bond acceptors (Lipinski definition) is 2. The fourth-order valence-corrected chi connectivity index (χ4v) is 2.02. The molecule has 0 aromatic rings. The fourth-order valence-electron chi connectivity index (χ4n) is 2.02. The molecule has 0 aromatic heterocycles. The summed E-state index contributed by atoms with van der Waals surface area (Å²) < 4.78 is 0. The third-order valence-electron chi connectivity index (χ3n) is 3.09. The number of carbonyl (C=O) groups excluding carboxylic acids is 1. The summed E-state index contributed by atoms with van der Waals surface area (Å²) in [7, 11) is 3.60. The van der Waals surface area contributed by atoms with Crippen molar-refractivity contribution in [2.45, 2.75) is 71.4 Å². The van der Waals surface area contributed by atoms with Crippen LogP contribution in [0.25, 0.3) is 0 Å². The molecule has 2 unspecified atom stereocenters.